The highest BCUT2D eigenvalue weighted by Crippen LogP contribution is 2.40. The van der Waals surface area contributed by atoms with Gasteiger partial charge < -0.3 is 21.1 Å². The first-order chi connectivity index (χ1) is 17.0. The third-order valence-electron chi connectivity index (χ3n) is 5.32. The summed E-state index contributed by atoms with van der Waals surface area (Å²) in [6.07, 6.45) is 1.03. The van der Waals surface area contributed by atoms with E-state index in [1.807, 2.05) is 0 Å². The normalized spacial score (nSPS) is 15.8. The van der Waals surface area contributed by atoms with Crippen LogP contribution in [0.15, 0.2) is 66.1 Å². The van der Waals surface area contributed by atoms with E-state index in [-0.39, 0.29) is 16.3 Å². The summed E-state index contributed by atoms with van der Waals surface area (Å²) in [5.41, 5.74) is 3.88. The summed E-state index contributed by atoms with van der Waals surface area (Å²) in [6.45, 7) is 5.10. The number of halogens is 4. The number of amides is 2. The minimum absolute atomic E-state index is 0.0679. The molecule has 0 aliphatic heterocycles. The second kappa shape index (κ2) is 10.8. The van der Waals surface area contributed by atoms with Gasteiger partial charge in [0.25, 0.3) is 5.91 Å². The summed E-state index contributed by atoms with van der Waals surface area (Å²) in [4.78, 5) is 33.2. The Labute approximate surface area is 210 Å². The molecule has 3 rings (SSSR count). The Hall–Kier alpha value is -3.86. The van der Waals surface area contributed by atoms with Crippen molar-refractivity contribution in [2.75, 3.05) is 0 Å². The second-order valence-corrected chi connectivity index (χ2v) is 8.41. The number of aliphatic imine (C=N–C) groups is 1. The fraction of sp³-hybridized carbons (Fsp3) is 0.250. The minimum Gasteiger partial charge on any atom is -0.455 e. The Morgan fingerprint density at radius 1 is 1.31 bits per heavy atom. The summed E-state index contributed by atoms with van der Waals surface area (Å²) in [7, 11) is 0. The van der Waals surface area contributed by atoms with E-state index >= 15 is 0 Å². The molecule has 1 aromatic heterocycles. The van der Waals surface area contributed by atoms with Crippen molar-refractivity contribution in [2.24, 2.45) is 10.7 Å². The largest absolute Gasteiger partial charge is 0.455 e. The van der Waals surface area contributed by atoms with Gasteiger partial charge in [-0.2, -0.15) is 13.2 Å². The number of nitrogens with one attached hydrogen (secondary N) is 2. The number of nitrogens with two attached hydrogens (primary N) is 1. The van der Waals surface area contributed by atoms with Gasteiger partial charge in [0.05, 0.1) is 29.1 Å². The van der Waals surface area contributed by atoms with Crippen molar-refractivity contribution in [1.29, 1.82) is 0 Å². The molecule has 0 bridgehead atoms. The SMILES string of the molecule is C=CN=C/C(=C\N)C(=O)NC1(C(=O)NC(C)c2ccc(Oc3ccc(Cl)cc3C(F)(F)F)cn2)CC1. The van der Waals surface area contributed by atoms with Crippen LogP contribution in [0.4, 0.5) is 13.2 Å². The Morgan fingerprint density at radius 3 is 2.58 bits per heavy atom. The van der Waals surface area contributed by atoms with Crippen LogP contribution < -0.4 is 21.1 Å². The predicted octanol–water partition coefficient (Wildman–Crippen LogP) is 4.43. The molecule has 12 heteroatoms. The quantitative estimate of drug-likeness (QED) is 0.333. The Balaban J connectivity index is 1.65. The molecule has 1 unspecified atom stereocenters. The van der Waals surface area contributed by atoms with Gasteiger partial charge in [-0.1, -0.05) is 18.2 Å². The number of benzene rings is 1. The highest BCUT2D eigenvalue weighted by atomic mass is 35.5. The number of ether oxygens (including phenoxy) is 1. The van der Waals surface area contributed by atoms with Crippen LogP contribution in [-0.4, -0.2) is 28.6 Å². The molecular formula is C24H23ClF3N5O3. The zero-order valence-corrected chi connectivity index (χ0v) is 19.9. The van der Waals surface area contributed by atoms with Crippen LogP contribution in [0.25, 0.3) is 0 Å². The van der Waals surface area contributed by atoms with Crippen LogP contribution in [0.5, 0.6) is 11.5 Å². The van der Waals surface area contributed by atoms with E-state index in [1.54, 1.807) is 6.92 Å². The average Bonchev–Trinajstić information content (AvgIpc) is 3.61. The molecule has 1 fully saturated rings. The molecule has 1 aliphatic rings. The number of carbonyl (C=O) groups excluding carboxylic acids is 2. The van der Waals surface area contributed by atoms with Crippen molar-refractivity contribution in [1.82, 2.24) is 15.6 Å². The van der Waals surface area contributed by atoms with Crippen molar-refractivity contribution in [3.05, 3.63) is 77.4 Å². The molecule has 1 heterocycles. The number of nitrogens with zero attached hydrogens (tertiary/aromatic N) is 2. The molecule has 190 valence electrons. The molecule has 0 radical (unpaired) electrons. The van der Waals surface area contributed by atoms with Gasteiger partial charge >= 0.3 is 6.18 Å². The molecule has 1 aliphatic carbocycles. The fourth-order valence-corrected chi connectivity index (χ4v) is 3.36. The Kier molecular flexibility index (Phi) is 8.03. The van der Waals surface area contributed by atoms with E-state index in [1.165, 1.54) is 36.8 Å². The maximum absolute atomic E-state index is 13.3. The van der Waals surface area contributed by atoms with Crippen LogP contribution in [0.2, 0.25) is 5.02 Å². The molecule has 1 atom stereocenters. The van der Waals surface area contributed by atoms with Gasteiger partial charge in [0.2, 0.25) is 5.91 Å². The molecular weight excluding hydrogens is 499 g/mol. The fourth-order valence-electron chi connectivity index (χ4n) is 3.19. The molecule has 1 aromatic carbocycles. The second-order valence-electron chi connectivity index (χ2n) is 7.97. The molecule has 2 aromatic rings. The zero-order valence-electron chi connectivity index (χ0n) is 19.1. The van der Waals surface area contributed by atoms with Crippen molar-refractivity contribution >= 4 is 29.6 Å². The predicted molar refractivity (Wildman–Crippen MR) is 128 cm³/mol. The number of hydrogen-bond donors (Lipinski definition) is 3. The highest BCUT2D eigenvalue weighted by Gasteiger charge is 2.51. The monoisotopic (exact) mass is 521 g/mol. The summed E-state index contributed by atoms with van der Waals surface area (Å²) in [6, 6.07) is 5.58. The molecule has 0 spiro atoms. The van der Waals surface area contributed by atoms with Crippen LogP contribution in [0, 0.1) is 0 Å². The van der Waals surface area contributed by atoms with Gasteiger partial charge in [0.15, 0.2) is 0 Å². The first kappa shape index (κ1) is 26.7. The van der Waals surface area contributed by atoms with Gasteiger partial charge in [0.1, 0.15) is 17.0 Å². The molecule has 0 saturated heterocycles. The maximum Gasteiger partial charge on any atom is 0.420 e. The van der Waals surface area contributed by atoms with Gasteiger partial charge in [-0.3, -0.25) is 19.6 Å². The lowest BCUT2D eigenvalue weighted by Gasteiger charge is -2.21. The smallest absolute Gasteiger partial charge is 0.420 e. The number of carbonyl (C=O) groups is 2. The lowest BCUT2D eigenvalue weighted by atomic mass is 10.1. The first-order valence-electron chi connectivity index (χ1n) is 10.7. The van der Waals surface area contributed by atoms with Crippen molar-refractivity contribution in [3.8, 4) is 11.5 Å². The van der Waals surface area contributed by atoms with Crippen molar-refractivity contribution in [3.63, 3.8) is 0 Å². The van der Waals surface area contributed by atoms with Gasteiger partial charge in [-0.05, 0) is 50.1 Å². The van der Waals surface area contributed by atoms with Crippen LogP contribution >= 0.6 is 11.6 Å². The standard InChI is InChI=1S/C24H23ClF3N5O3/c1-3-30-12-15(11-29)21(34)33-23(8-9-23)22(35)32-14(2)19-6-5-17(13-31-19)36-20-7-4-16(25)10-18(20)24(26,27)28/h3-7,10-14H,1,8-9,29H2,2H3,(H,32,35)(H,33,34)/b15-11+,30-12?. The molecule has 1 saturated carbocycles. The number of pyridine rings is 1. The van der Waals surface area contributed by atoms with Crippen LogP contribution in [0.1, 0.15) is 37.1 Å². The van der Waals surface area contributed by atoms with Gasteiger partial charge in [-0.15, -0.1) is 0 Å². The van der Waals surface area contributed by atoms with E-state index in [9.17, 15) is 22.8 Å². The van der Waals surface area contributed by atoms with Crippen LogP contribution in [0.3, 0.4) is 0 Å². The summed E-state index contributed by atoms with van der Waals surface area (Å²) in [5.74, 6) is -1.31. The molecule has 4 N–H and O–H groups in total. The first-order valence-corrected chi connectivity index (χ1v) is 11.1. The number of hydrogen-bond acceptors (Lipinski definition) is 6. The Morgan fingerprint density at radius 2 is 2.03 bits per heavy atom. The third-order valence-corrected chi connectivity index (χ3v) is 5.56. The summed E-state index contributed by atoms with van der Waals surface area (Å²) >= 11 is 5.69. The minimum atomic E-state index is -4.65. The van der Waals surface area contributed by atoms with Gasteiger partial charge in [-0.25, -0.2) is 0 Å². The van der Waals surface area contributed by atoms with E-state index in [0.29, 0.717) is 18.5 Å². The van der Waals surface area contributed by atoms with Crippen LogP contribution in [-0.2, 0) is 15.8 Å². The van der Waals surface area contributed by atoms with E-state index < -0.39 is 40.9 Å². The van der Waals surface area contributed by atoms with E-state index in [2.05, 4.69) is 27.2 Å². The lowest BCUT2D eigenvalue weighted by molar-refractivity contribution is -0.138. The summed E-state index contributed by atoms with van der Waals surface area (Å²) in [5, 5.41) is 5.39. The number of alkyl halides is 3. The number of rotatable bonds is 9. The highest BCUT2D eigenvalue weighted by molar-refractivity contribution is 6.30. The lowest BCUT2D eigenvalue weighted by Crippen LogP contribution is -2.50. The Bertz CT molecular complexity index is 1210. The zero-order chi connectivity index (χ0) is 26.5. The topological polar surface area (TPSA) is 119 Å². The molecule has 2 amide bonds. The third kappa shape index (κ3) is 6.42. The average molecular weight is 522 g/mol. The van der Waals surface area contributed by atoms with E-state index in [4.69, 9.17) is 22.1 Å². The van der Waals surface area contributed by atoms with E-state index in [0.717, 1.165) is 18.3 Å². The molecule has 36 heavy (non-hydrogen) atoms. The maximum atomic E-state index is 13.3. The summed E-state index contributed by atoms with van der Waals surface area (Å²) < 4.78 is 45.2. The number of aromatic nitrogens is 1. The van der Waals surface area contributed by atoms with Crippen molar-refractivity contribution < 1.29 is 27.5 Å². The van der Waals surface area contributed by atoms with Gasteiger partial charge in [0, 0.05) is 23.6 Å². The van der Waals surface area contributed by atoms with Crippen molar-refractivity contribution in [2.45, 2.75) is 37.5 Å². The molecule has 8 nitrogen and oxygen atoms in total.